The van der Waals surface area contributed by atoms with Crippen LogP contribution in [0.2, 0.25) is 0 Å². The van der Waals surface area contributed by atoms with Gasteiger partial charge in [-0.15, -0.1) is 0 Å². The molecule has 2 nitrogen and oxygen atoms in total. The van der Waals surface area contributed by atoms with E-state index < -0.39 is 9.70 Å². The Hall–Kier alpha value is 0.340. The van der Waals surface area contributed by atoms with Gasteiger partial charge in [0, 0.05) is 12.6 Å². The van der Waals surface area contributed by atoms with Crippen LogP contribution >= 0.6 is 34.8 Å². The molecular weight excluding hydrogens is 232 g/mol. The van der Waals surface area contributed by atoms with Crippen molar-refractivity contribution in [1.29, 1.82) is 0 Å². The smallest absolute Gasteiger partial charge is 0.274 e. The molecule has 0 unspecified atom stereocenters. The highest BCUT2D eigenvalue weighted by molar-refractivity contribution is 6.76. The largest absolute Gasteiger partial charge is 0.336 e. The summed E-state index contributed by atoms with van der Waals surface area (Å²) in [5.41, 5.74) is 0. The standard InChI is InChI=1S/C8H12Cl3NO/c1-6-4-2-3-5-12(6)7(13)8(9,10)11/h6H,2-5H2,1H3/t6-/m1/s1. The van der Waals surface area contributed by atoms with Crippen LogP contribution in [0, 0.1) is 0 Å². The molecule has 0 bridgehead atoms. The maximum Gasteiger partial charge on any atom is 0.274 e. The Morgan fingerprint density at radius 1 is 1.38 bits per heavy atom. The van der Waals surface area contributed by atoms with Gasteiger partial charge in [0.2, 0.25) is 0 Å². The van der Waals surface area contributed by atoms with E-state index >= 15 is 0 Å². The summed E-state index contributed by atoms with van der Waals surface area (Å²) in [6, 6.07) is 0.192. The molecule has 1 saturated heterocycles. The molecule has 1 fully saturated rings. The highest BCUT2D eigenvalue weighted by Gasteiger charge is 2.37. The predicted molar refractivity (Wildman–Crippen MR) is 55.3 cm³/mol. The number of hydrogen-bond acceptors (Lipinski definition) is 1. The molecule has 5 heteroatoms. The van der Waals surface area contributed by atoms with Crippen molar-refractivity contribution in [1.82, 2.24) is 4.90 Å². The monoisotopic (exact) mass is 243 g/mol. The molecule has 76 valence electrons. The minimum Gasteiger partial charge on any atom is -0.336 e. The minimum atomic E-state index is -1.80. The Labute approximate surface area is 93.1 Å². The summed E-state index contributed by atoms with van der Waals surface area (Å²) < 4.78 is -1.80. The predicted octanol–water partition coefficient (Wildman–Crippen LogP) is 2.76. The fourth-order valence-corrected chi connectivity index (χ4v) is 1.89. The van der Waals surface area contributed by atoms with Crippen molar-refractivity contribution in [3.05, 3.63) is 0 Å². The first-order chi connectivity index (χ1) is 5.93. The number of amides is 1. The SMILES string of the molecule is C[C@@H]1CCCCN1C(=O)C(Cl)(Cl)Cl. The van der Waals surface area contributed by atoms with E-state index in [1.807, 2.05) is 6.92 Å². The lowest BCUT2D eigenvalue weighted by Gasteiger charge is -2.35. The number of alkyl halides is 3. The lowest BCUT2D eigenvalue weighted by Crippen LogP contribution is -2.47. The van der Waals surface area contributed by atoms with Crippen LogP contribution in [-0.2, 0) is 4.79 Å². The second kappa shape index (κ2) is 4.24. The lowest BCUT2D eigenvalue weighted by molar-refractivity contribution is -0.133. The number of halogens is 3. The zero-order valence-electron chi connectivity index (χ0n) is 7.40. The third-order valence-electron chi connectivity index (χ3n) is 2.31. The van der Waals surface area contributed by atoms with Gasteiger partial charge in [-0.25, -0.2) is 0 Å². The summed E-state index contributed by atoms with van der Waals surface area (Å²) in [5, 5.41) is 0. The summed E-state index contributed by atoms with van der Waals surface area (Å²) in [6.07, 6.45) is 3.13. The molecule has 1 heterocycles. The van der Waals surface area contributed by atoms with Crippen molar-refractivity contribution in [2.45, 2.75) is 36.0 Å². The van der Waals surface area contributed by atoms with E-state index in [-0.39, 0.29) is 6.04 Å². The Bertz CT molecular complexity index is 202. The quantitative estimate of drug-likeness (QED) is 0.600. The Morgan fingerprint density at radius 2 is 2.00 bits per heavy atom. The number of carbonyl (C=O) groups excluding carboxylic acids is 1. The lowest BCUT2D eigenvalue weighted by atomic mass is 10.0. The van der Waals surface area contributed by atoms with Gasteiger partial charge in [-0.1, -0.05) is 34.8 Å². The van der Waals surface area contributed by atoms with Crippen LogP contribution in [0.4, 0.5) is 0 Å². The molecule has 1 rings (SSSR count). The summed E-state index contributed by atoms with van der Waals surface area (Å²) >= 11 is 16.6. The minimum absolute atomic E-state index is 0.192. The molecule has 0 radical (unpaired) electrons. The molecule has 0 aromatic heterocycles. The zero-order valence-corrected chi connectivity index (χ0v) is 9.66. The molecule has 1 atom stereocenters. The van der Waals surface area contributed by atoms with E-state index in [0.717, 1.165) is 19.3 Å². The summed E-state index contributed by atoms with van der Waals surface area (Å²) in [5.74, 6) is -0.398. The van der Waals surface area contributed by atoms with E-state index in [2.05, 4.69) is 0 Å². The number of hydrogen-bond donors (Lipinski definition) is 0. The molecule has 1 aliphatic heterocycles. The first-order valence-corrected chi connectivity index (χ1v) is 5.44. The van der Waals surface area contributed by atoms with Gasteiger partial charge in [0.05, 0.1) is 0 Å². The van der Waals surface area contributed by atoms with Crippen molar-refractivity contribution in [2.75, 3.05) is 6.54 Å². The van der Waals surface area contributed by atoms with Gasteiger partial charge >= 0.3 is 0 Å². The van der Waals surface area contributed by atoms with Gasteiger partial charge in [-0.3, -0.25) is 4.79 Å². The van der Waals surface area contributed by atoms with Crippen molar-refractivity contribution in [3.8, 4) is 0 Å². The number of nitrogens with zero attached hydrogens (tertiary/aromatic N) is 1. The molecule has 0 aromatic rings. The van der Waals surface area contributed by atoms with Gasteiger partial charge in [0.15, 0.2) is 0 Å². The average Bonchev–Trinajstić information content (AvgIpc) is 2.02. The maximum atomic E-state index is 11.6. The van der Waals surface area contributed by atoms with E-state index in [4.69, 9.17) is 34.8 Å². The second-order valence-electron chi connectivity index (χ2n) is 3.34. The highest BCUT2D eigenvalue weighted by Crippen LogP contribution is 2.31. The number of rotatable bonds is 0. The molecule has 0 spiro atoms. The van der Waals surface area contributed by atoms with Gasteiger partial charge in [0.25, 0.3) is 9.70 Å². The molecular formula is C8H12Cl3NO. The summed E-state index contributed by atoms with van der Waals surface area (Å²) in [4.78, 5) is 13.2. The zero-order chi connectivity index (χ0) is 10.1. The van der Waals surface area contributed by atoms with Crippen molar-refractivity contribution >= 4 is 40.7 Å². The third kappa shape index (κ3) is 2.90. The normalized spacial score (nSPS) is 24.6. The fraction of sp³-hybridized carbons (Fsp3) is 0.875. The first kappa shape index (κ1) is 11.4. The molecule has 0 N–H and O–H groups in total. The molecule has 13 heavy (non-hydrogen) atoms. The van der Waals surface area contributed by atoms with E-state index in [0.29, 0.717) is 6.54 Å². The van der Waals surface area contributed by atoms with Gasteiger partial charge in [-0.2, -0.15) is 0 Å². The van der Waals surface area contributed by atoms with Crippen LogP contribution in [-0.4, -0.2) is 27.2 Å². The topological polar surface area (TPSA) is 20.3 Å². The van der Waals surface area contributed by atoms with Crippen LogP contribution < -0.4 is 0 Å². The Balaban J connectivity index is 2.64. The Kier molecular flexibility index (Phi) is 3.73. The molecule has 0 saturated carbocycles. The molecule has 1 aliphatic rings. The van der Waals surface area contributed by atoms with Crippen LogP contribution in [0.15, 0.2) is 0 Å². The Morgan fingerprint density at radius 3 is 2.46 bits per heavy atom. The first-order valence-electron chi connectivity index (χ1n) is 4.30. The summed E-state index contributed by atoms with van der Waals surface area (Å²) in [6.45, 7) is 2.68. The van der Waals surface area contributed by atoms with E-state index in [1.54, 1.807) is 4.90 Å². The van der Waals surface area contributed by atoms with Crippen molar-refractivity contribution in [3.63, 3.8) is 0 Å². The summed E-state index contributed by atoms with van der Waals surface area (Å²) in [7, 11) is 0. The van der Waals surface area contributed by atoms with E-state index in [9.17, 15) is 4.79 Å². The van der Waals surface area contributed by atoms with Crippen molar-refractivity contribution < 1.29 is 4.79 Å². The number of likely N-dealkylation sites (tertiary alicyclic amines) is 1. The van der Waals surface area contributed by atoms with Gasteiger partial charge in [-0.05, 0) is 26.2 Å². The van der Waals surface area contributed by atoms with Crippen LogP contribution in [0.3, 0.4) is 0 Å². The van der Waals surface area contributed by atoms with Gasteiger partial charge in [0.1, 0.15) is 0 Å². The fourth-order valence-electron chi connectivity index (χ4n) is 1.56. The molecule has 0 aromatic carbocycles. The molecule has 0 aliphatic carbocycles. The van der Waals surface area contributed by atoms with Gasteiger partial charge < -0.3 is 4.90 Å². The van der Waals surface area contributed by atoms with Crippen molar-refractivity contribution in [2.24, 2.45) is 0 Å². The third-order valence-corrected chi connectivity index (χ3v) is 2.79. The average molecular weight is 245 g/mol. The van der Waals surface area contributed by atoms with E-state index in [1.165, 1.54) is 0 Å². The number of carbonyl (C=O) groups is 1. The van der Waals surface area contributed by atoms with Crippen LogP contribution in [0.1, 0.15) is 26.2 Å². The molecule has 1 amide bonds. The maximum absolute atomic E-state index is 11.6. The van der Waals surface area contributed by atoms with Crippen LogP contribution in [0.25, 0.3) is 0 Å². The second-order valence-corrected chi connectivity index (χ2v) is 5.62. The highest BCUT2D eigenvalue weighted by atomic mass is 35.6. The van der Waals surface area contributed by atoms with Crippen LogP contribution in [0.5, 0.6) is 0 Å². The number of piperidine rings is 1.